The molecule has 0 spiro atoms. The van der Waals surface area contributed by atoms with Crippen molar-refractivity contribution < 1.29 is 9.53 Å². The Morgan fingerprint density at radius 1 is 1.04 bits per heavy atom. The Morgan fingerprint density at radius 2 is 1.75 bits per heavy atom. The van der Waals surface area contributed by atoms with Gasteiger partial charge in [0.15, 0.2) is 0 Å². The SMILES string of the molecule is O=CN1CCN(C(=NCCN2CCOCC2)c2ccccc2)CC1. The molecule has 2 fully saturated rings. The first-order valence-corrected chi connectivity index (χ1v) is 8.71. The molecule has 24 heavy (non-hydrogen) atoms. The molecule has 130 valence electrons. The number of amidine groups is 1. The first kappa shape index (κ1) is 16.9. The van der Waals surface area contributed by atoms with Crippen LogP contribution >= 0.6 is 0 Å². The van der Waals surface area contributed by atoms with Gasteiger partial charge >= 0.3 is 0 Å². The van der Waals surface area contributed by atoms with Crippen LogP contribution in [0.25, 0.3) is 0 Å². The third-order valence-corrected chi connectivity index (χ3v) is 4.58. The second kappa shape index (κ2) is 8.80. The van der Waals surface area contributed by atoms with E-state index in [1.54, 1.807) is 0 Å². The van der Waals surface area contributed by atoms with Gasteiger partial charge < -0.3 is 14.5 Å². The van der Waals surface area contributed by atoms with Crippen LogP contribution in [0.4, 0.5) is 0 Å². The summed E-state index contributed by atoms with van der Waals surface area (Å²) in [7, 11) is 0. The van der Waals surface area contributed by atoms with Crippen molar-refractivity contribution in [3.05, 3.63) is 35.9 Å². The molecule has 2 saturated heterocycles. The molecule has 0 bridgehead atoms. The van der Waals surface area contributed by atoms with E-state index in [1.807, 2.05) is 11.0 Å². The van der Waals surface area contributed by atoms with E-state index in [2.05, 4.69) is 34.1 Å². The van der Waals surface area contributed by atoms with Crippen LogP contribution in [-0.4, -0.2) is 92.5 Å². The number of rotatable bonds is 5. The molecule has 0 N–H and O–H groups in total. The van der Waals surface area contributed by atoms with Crippen LogP contribution < -0.4 is 0 Å². The third kappa shape index (κ3) is 4.55. The zero-order valence-electron chi connectivity index (χ0n) is 14.1. The Balaban J connectivity index is 1.65. The average Bonchev–Trinajstić information content (AvgIpc) is 2.67. The summed E-state index contributed by atoms with van der Waals surface area (Å²) in [5, 5.41) is 0. The quantitative estimate of drug-likeness (QED) is 0.449. The normalized spacial score (nSPS) is 20.2. The molecule has 2 heterocycles. The van der Waals surface area contributed by atoms with Crippen LogP contribution in [0.1, 0.15) is 5.56 Å². The van der Waals surface area contributed by atoms with Crippen LogP contribution in [0.3, 0.4) is 0 Å². The maximum atomic E-state index is 10.9. The molecule has 0 unspecified atom stereocenters. The zero-order chi connectivity index (χ0) is 16.6. The van der Waals surface area contributed by atoms with Gasteiger partial charge in [-0.05, 0) is 0 Å². The van der Waals surface area contributed by atoms with Crippen LogP contribution in [-0.2, 0) is 9.53 Å². The van der Waals surface area contributed by atoms with Crippen molar-refractivity contribution in [3.63, 3.8) is 0 Å². The van der Waals surface area contributed by atoms with E-state index in [0.717, 1.165) is 83.4 Å². The maximum absolute atomic E-state index is 10.9. The van der Waals surface area contributed by atoms with Crippen LogP contribution in [0, 0.1) is 0 Å². The van der Waals surface area contributed by atoms with E-state index < -0.39 is 0 Å². The molecule has 1 aromatic rings. The maximum Gasteiger partial charge on any atom is 0.209 e. The Bertz CT molecular complexity index is 535. The molecule has 0 atom stereocenters. The summed E-state index contributed by atoms with van der Waals surface area (Å²) in [5.41, 5.74) is 1.15. The van der Waals surface area contributed by atoms with E-state index in [9.17, 15) is 4.79 Å². The number of ether oxygens (including phenoxy) is 1. The number of benzene rings is 1. The van der Waals surface area contributed by atoms with Crippen molar-refractivity contribution in [2.75, 3.05) is 65.6 Å². The van der Waals surface area contributed by atoms with Crippen molar-refractivity contribution in [1.29, 1.82) is 0 Å². The second-order valence-electron chi connectivity index (χ2n) is 6.15. The predicted octanol–water partition coefficient (Wildman–Crippen LogP) is 0.539. The standard InChI is InChI=1S/C18H26N4O2/c23-16-21-8-10-22(11-9-21)18(17-4-2-1-3-5-17)19-6-7-20-12-14-24-15-13-20/h1-5,16H,6-15H2. The zero-order valence-corrected chi connectivity index (χ0v) is 14.1. The summed E-state index contributed by atoms with van der Waals surface area (Å²) < 4.78 is 5.39. The molecule has 0 saturated carbocycles. The summed E-state index contributed by atoms with van der Waals surface area (Å²) in [5.74, 6) is 1.05. The summed E-state index contributed by atoms with van der Waals surface area (Å²) in [6, 6.07) is 10.3. The number of nitrogens with zero attached hydrogens (tertiary/aromatic N) is 4. The molecule has 2 aliphatic heterocycles. The lowest BCUT2D eigenvalue weighted by Crippen LogP contribution is -2.48. The lowest BCUT2D eigenvalue weighted by molar-refractivity contribution is -0.119. The summed E-state index contributed by atoms with van der Waals surface area (Å²) in [6.07, 6.45) is 0.940. The van der Waals surface area contributed by atoms with Gasteiger partial charge in [0, 0.05) is 51.4 Å². The predicted molar refractivity (Wildman–Crippen MR) is 94.3 cm³/mol. The fraction of sp³-hybridized carbons (Fsp3) is 0.556. The van der Waals surface area contributed by atoms with Gasteiger partial charge in [-0.1, -0.05) is 30.3 Å². The number of amides is 1. The van der Waals surface area contributed by atoms with Crippen LogP contribution in [0.15, 0.2) is 35.3 Å². The average molecular weight is 330 g/mol. The highest BCUT2D eigenvalue weighted by Crippen LogP contribution is 2.10. The monoisotopic (exact) mass is 330 g/mol. The lowest BCUT2D eigenvalue weighted by atomic mass is 10.1. The van der Waals surface area contributed by atoms with Gasteiger partial charge in [0.1, 0.15) is 5.84 Å². The Morgan fingerprint density at radius 3 is 2.42 bits per heavy atom. The van der Waals surface area contributed by atoms with Gasteiger partial charge in [-0.3, -0.25) is 14.7 Å². The van der Waals surface area contributed by atoms with Crippen LogP contribution in [0.5, 0.6) is 0 Å². The van der Waals surface area contributed by atoms with Gasteiger partial charge in [0.2, 0.25) is 6.41 Å². The highest BCUT2D eigenvalue weighted by atomic mass is 16.5. The first-order valence-electron chi connectivity index (χ1n) is 8.71. The fourth-order valence-electron chi connectivity index (χ4n) is 3.12. The Hall–Kier alpha value is -1.92. The minimum Gasteiger partial charge on any atom is -0.379 e. The number of carbonyl (C=O) groups excluding carboxylic acids is 1. The molecule has 6 heteroatoms. The van der Waals surface area contributed by atoms with E-state index in [0.29, 0.717) is 0 Å². The van der Waals surface area contributed by atoms with Crippen molar-refractivity contribution in [1.82, 2.24) is 14.7 Å². The van der Waals surface area contributed by atoms with Gasteiger partial charge in [0.25, 0.3) is 0 Å². The van der Waals surface area contributed by atoms with Crippen molar-refractivity contribution >= 4 is 12.2 Å². The molecule has 1 amide bonds. The topological polar surface area (TPSA) is 48.4 Å². The Labute approximate surface area is 143 Å². The minimum absolute atomic E-state index is 0.763. The largest absolute Gasteiger partial charge is 0.379 e. The number of hydrogen-bond acceptors (Lipinski definition) is 4. The highest BCUT2D eigenvalue weighted by Gasteiger charge is 2.20. The fourth-order valence-corrected chi connectivity index (χ4v) is 3.12. The van der Waals surface area contributed by atoms with Crippen molar-refractivity contribution in [3.8, 4) is 0 Å². The molecular weight excluding hydrogens is 304 g/mol. The number of carbonyl (C=O) groups is 1. The second-order valence-corrected chi connectivity index (χ2v) is 6.15. The number of piperazine rings is 1. The smallest absolute Gasteiger partial charge is 0.209 e. The van der Waals surface area contributed by atoms with Crippen molar-refractivity contribution in [2.24, 2.45) is 4.99 Å². The summed E-state index contributed by atoms with van der Waals surface area (Å²) in [4.78, 5) is 22.4. The molecule has 3 rings (SSSR count). The van der Waals surface area contributed by atoms with E-state index in [4.69, 9.17) is 9.73 Å². The molecule has 1 aromatic carbocycles. The van der Waals surface area contributed by atoms with Gasteiger partial charge in [-0.25, -0.2) is 0 Å². The van der Waals surface area contributed by atoms with Crippen molar-refractivity contribution in [2.45, 2.75) is 0 Å². The minimum atomic E-state index is 0.763. The number of aliphatic imine (C=N–C) groups is 1. The van der Waals surface area contributed by atoms with E-state index >= 15 is 0 Å². The van der Waals surface area contributed by atoms with Crippen LogP contribution in [0.2, 0.25) is 0 Å². The lowest BCUT2D eigenvalue weighted by Gasteiger charge is -2.35. The number of morpholine rings is 1. The van der Waals surface area contributed by atoms with Gasteiger partial charge in [-0.2, -0.15) is 0 Å². The number of hydrogen-bond donors (Lipinski definition) is 0. The molecular formula is C18H26N4O2. The molecule has 6 nitrogen and oxygen atoms in total. The van der Waals surface area contributed by atoms with Gasteiger partial charge in [-0.15, -0.1) is 0 Å². The first-order chi connectivity index (χ1) is 11.9. The summed E-state index contributed by atoms with van der Waals surface area (Å²) >= 11 is 0. The van der Waals surface area contributed by atoms with E-state index in [1.165, 1.54) is 0 Å². The molecule has 0 aromatic heterocycles. The summed E-state index contributed by atoms with van der Waals surface area (Å²) in [6.45, 7) is 8.59. The molecule has 0 aliphatic carbocycles. The van der Waals surface area contributed by atoms with Gasteiger partial charge in [0.05, 0.1) is 19.8 Å². The molecule has 2 aliphatic rings. The Kier molecular flexibility index (Phi) is 6.20. The highest BCUT2D eigenvalue weighted by molar-refractivity contribution is 5.98. The molecule has 0 radical (unpaired) electrons. The van der Waals surface area contributed by atoms with E-state index in [-0.39, 0.29) is 0 Å². The third-order valence-electron chi connectivity index (χ3n) is 4.58.